The van der Waals surface area contributed by atoms with Crippen LogP contribution in [-0.2, 0) is 4.79 Å². The first-order valence-corrected chi connectivity index (χ1v) is 7.43. The van der Waals surface area contributed by atoms with Gasteiger partial charge in [-0.1, -0.05) is 25.4 Å². The van der Waals surface area contributed by atoms with Gasteiger partial charge in [-0.05, 0) is 18.8 Å². The molecule has 0 aromatic carbocycles. The number of likely N-dealkylation sites (tertiary alicyclic amines) is 1. The molecule has 1 aromatic rings. The predicted octanol–water partition coefficient (Wildman–Crippen LogP) is 2.12. The van der Waals surface area contributed by atoms with Crippen LogP contribution in [0.4, 0.5) is 0 Å². The van der Waals surface area contributed by atoms with Crippen molar-refractivity contribution in [1.82, 2.24) is 10.1 Å². The van der Waals surface area contributed by atoms with Crippen LogP contribution in [0.5, 0.6) is 0 Å². The van der Waals surface area contributed by atoms with E-state index in [0.717, 1.165) is 12.8 Å². The van der Waals surface area contributed by atoms with Crippen molar-refractivity contribution in [2.75, 3.05) is 13.1 Å². The van der Waals surface area contributed by atoms with Gasteiger partial charge in [0.05, 0.1) is 5.41 Å². The molecular formula is C15H20N2O4. The van der Waals surface area contributed by atoms with Gasteiger partial charge in [-0.2, -0.15) is 0 Å². The van der Waals surface area contributed by atoms with Crippen LogP contribution in [0.15, 0.2) is 10.6 Å². The number of aromatic nitrogens is 1. The van der Waals surface area contributed by atoms with E-state index in [0.29, 0.717) is 18.7 Å². The molecule has 2 heterocycles. The van der Waals surface area contributed by atoms with Gasteiger partial charge < -0.3 is 14.5 Å². The van der Waals surface area contributed by atoms with Gasteiger partial charge in [-0.25, -0.2) is 0 Å². The van der Waals surface area contributed by atoms with E-state index >= 15 is 0 Å². The van der Waals surface area contributed by atoms with Crippen molar-refractivity contribution in [3.05, 3.63) is 17.5 Å². The largest absolute Gasteiger partial charge is 0.481 e. The molecule has 0 bridgehead atoms. The summed E-state index contributed by atoms with van der Waals surface area (Å²) < 4.78 is 5.16. The number of carboxylic acids is 1. The van der Waals surface area contributed by atoms with E-state index in [-0.39, 0.29) is 30.0 Å². The summed E-state index contributed by atoms with van der Waals surface area (Å²) in [7, 11) is 0. The summed E-state index contributed by atoms with van der Waals surface area (Å²) in [6.45, 7) is 4.73. The Bertz CT molecular complexity index is 580. The molecule has 2 atom stereocenters. The molecule has 6 nitrogen and oxygen atoms in total. The first-order chi connectivity index (χ1) is 9.94. The van der Waals surface area contributed by atoms with Crippen LogP contribution in [0.3, 0.4) is 0 Å². The molecule has 0 radical (unpaired) electrons. The summed E-state index contributed by atoms with van der Waals surface area (Å²) in [4.78, 5) is 25.7. The molecule has 3 rings (SSSR count). The summed E-state index contributed by atoms with van der Waals surface area (Å²) in [5.74, 6) is -0.0903. The van der Waals surface area contributed by atoms with E-state index in [2.05, 4.69) is 5.16 Å². The summed E-state index contributed by atoms with van der Waals surface area (Å²) >= 11 is 0. The third kappa shape index (κ3) is 2.13. The lowest BCUT2D eigenvalue weighted by atomic mass is 9.81. The van der Waals surface area contributed by atoms with Gasteiger partial charge in [0.1, 0.15) is 5.76 Å². The van der Waals surface area contributed by atoms with E-state index < -0.39 is 11.4 Å². The topological polar surface area (TPSA) is 83.6 Å². The number of rotatable bonds is 3. The van der Waals surface area contributed by atoms with E-state index in [1.165, 1.54) is 0 Å². The Morgan fingerprint density at radius 1 is 1.52 bits per heavy atom. The van der Waals surface area contributed by atoms with Crippen molar-refractivity contribution in [2.24, 2.45) is 11.3 Å². The van der Waals surface area contributed by atoms with Crippen LogP contribution in [0.1, 0.15) is 55.3 Å². The van der Waals surface area contributed by atoms with Gasteiger partial charge in [0.25, 0.3) is 5.91 Å². The number of carboxylic acid groups (broad SMARTS) is 1. The van der Waals surface area contributed by atoms with E-state index in [4.69, 9.17) is 4.52 Å². The van der Waals surface area contributed by atoms with Crippen LogP contribution in [0, 0.1) is 11.3 Å². The monoisotopic (exact) mass is 292 g/mol. The highest BCUT2D eigenvalue weighted by atomic mass is 16.5. The second kappa shape index (κ2) is 4.86. The maximum atomic E-state index is 12.5. The minimum absolute atomic E-state index is 0.0652. The average molecular weight is 292 g/mol. The maximum Gasteiger partial charge on any atom is 0.311 e. The second-order valence-electron chi connectivity index (χ2n) is 6.51. The average Bonchev–Trinajstić information content (AvgIpc) is 3.11. The van der Waals surface area contributed by atoms with Crippen LogP contribution in [0.25, 0.3) is 0 Å². The Labute approximate surface area is 123 Å². The third-order valence-corrected chi connectivity index (χ3v) is 4.90. The van der Waals surface area contributed by atoms with Gasteiger partial charge in [-0.15, -0.1) is 0 Å². The molecule has 1 N–H and O–H groups in total. The number of carbonyl (C=O) groups excluding carboxylic acids is 1. The maximum absolute atomic E-state index is 12.5. The van der Waals surface area contributed by atoms with Gasteiger partial charge in [0, 0.05) is 25.1 Å². The molecule has 114 valence electrons. The number of hydrogen-bond acceptors (Lipinski definition) is 4. The van der Waals surface area contributed by atoms with Crippen molar-refractivity contribution >= 4 is 11.9 Å². The molecule has 2 fully saturated rings. The van der Waals surface area contributed by atoms with E-state index in [9.17, 15) is 14.7 Å². The van der Waals surface area contributed by atoms with Gasteiger partial charge in [-0.3, -0.25) is 9.59 Å². The number of nitrogens with zero attached hydrogens (tertiary/aromatic N) is 2. The van der Waals surface area contributed by atoms with Gasteiger partial charge in [0.15, 0.2) is 5.69 Å². The normalized spacial score (nSPS) is 28.1. The summed E-state index contributed by atoms with van der Waals surface area (Å²) in [5, 5.41) is 13.4. The zero-order chi connectivity index (χ0) is 15.2. The fourth-order valence-corrected chi connectivity index (χ4v) is 3.62. The quantitative estimate of drug-likeness (QED) is 0.922. The molecular weight excluding hydrogens is 272 g/mol. The highest BCUT2D eigenvalue weighted by Gasteiger charge is 2.56. The van der Waals surface area contributed by atoms with Crippen LogP contribution >= 0.6 is 0 Å². The molecule has 1 saturated carbocycles. The molecule has 1 saturated heterocycles. The Morgan fingerprint density at radius 3 is 2.86 bits per heavy atom. The first kappa shape index (κ1) is 14.1. The van der Waals surface area contributed by atoms with Crippen molar-refractivity contribution in [2.45, 2.75) is 39.0 Å². The highest BCUT2D eigenvalue weighted by molar-refractivity contribution is 5.93. The number of carbonyl (C=O) groups is 2. The first-order valence-electron chi connectivity index (χ1n) is 7.43. The molecule has 1 aliphatic carbocycles. The lowest BCUT2D eigenvalue weighted by molar-refractivity contribution is -0.149. The Morgan fingerprint density at radius 2 is 2.29 bits per heavy atom. The van der Waals surface area contributed by atoms with E-state index in [1.54, 1.807) is 11.0 Å². The Hall–Kier alpha value is -1.85. The smallest absolute Gasteiger partial charge is 0.311 e. The molecule has 1 amide bonds. The lowest BCUT2D eigenvalue weighted by Gasteiger charge is -2.22. The summed E-state index contributed by atoms with van der Waals surface area (Å²) in [5.41, 5.74) is -0.473. The van der Waals surface area contributed by atoms with Crippen LogP contribution in [-0.4, -0.2) is 40.1 Å². The second-order valence-corrected chi connectivity index (χ2v) is 6.51. The zero-order valence-corrected chi connectivity index (χ0v) is 12.3. The molecule has 0 unspecified atom stereocenters. The van der Waals surface area contributed by atoms with Crippen LogP contribution in [0.2, 0.25) is 0 Å². The summed E-state index contributed by atoms with van der Waals surface area (Å²) in [6, 6.07) is 1.66. The molecule has 1 aromatic heterocycles. The van der Waals surface area contributed by atoms with Gasteiger partial charge >= 0.3 is 5.97 Å². The Kier molecular flexibility index (Phi) is 3.26. The zero-order valence-electron chi connectivity index (χ0n) is 12.3. The Balaban J connectivity index is 1.79. The number of aliphatic carboxylic acids is 1. The molecule has 6 heteroatoms. The number of amides is 1. The van der Waals surface area contributed by atoms with Crippen molar-refractivity contribution in [1.29, 1.82) is 0 Å². The summed E-state index contributed by atoms with van der Waals surface area (Å²) in [6.07, 6.45) is 2.47. The number of hydrogen-bond donors (Lipinski definition) is 1. The predicted molar refractivity (Wildman–Crippen MR) is 73.9 cm³/mol. The molecule has 21 heavy (non-hydrogen) atoms. The minimum atomic E-state index is -0.775. The van der Waals surface area contributed by atoms with Crippen molar-refractivity contribution < 1.29 is 19.2 Å². The minimum Gasteiger partial charge on any atom is -0.481 e. The third-order valence-electron chi connectivity index (χ3n) is 4.90. The van der Waals surface area contributed by atoms with Gasteiger partial charge in [0.2, 0.25) is 0 Å². The molecule has 0 spiro atoms. The highest BCUT2D eigenvalue weighted by Crippen LogP contribution is 2.49. The number of fused-ring (bicyclic) bond motifs is 1. The standard InChI is InChI=1S/C15H20N2O4/c1-9(2)12-6-11(16-21-12)13(18)17-7-10-4-3-5-15(10,8-17)14(19)20/h6,9-10H,3-5,7-8H2,1-2H3,(H,19,20)/t10-,15+/m0/s1. The molecule has 2 aliphatic rings. The van der Waals surface area contributed by atoms with Crippen molar-refractivity contribution in [3.8, 4) is 0 Å². The van der Waals surface area contributed by atoms with E-state index in [1.807, 2.05) is 13.8 Å². The van der Waals surface area contributed by atoms with Crippen molar-refractivity contribution in [3.63, 3.8) is 0 Å². The SMILES string of the molecule is CC(C)c1cc(C(=O)N2C[C@@H]3CCC[C@@]3(C(=O)O)C2)no1. The van der Waals surface area contributed by atoms with Crippen LogP contribution < -0.4 is 0 Å². The lowest BCUT2D eigenvalue weighted by Crippen LogP contribution is -2.37. The molecule has 1 aliphatic heterocycles. The fourth-order valence-electron chi connectivity index (χ4n) is 3.62. The fraction of sp³-hybridized carbons (Fsp3) is 0.667.